The minimum atomic E-state index is -0.366. The van der Waals surface area contributed by atoms with Gasteiger partial charge in [-0.25, -0.2) is 9.20 Å². The fourth-order valence-corrected chi connectivity index (χ4v) is 3.41. The molecular formula is C20H23N5O4. The third kappa shape index (κ3) is 4.00. The lowest BCUT2D eigenvalue weighted by Gasteiger charge is -2.11. The zero-order valence-corrected chi connectivity index (χ0v) is 16.4. The largest absolute Gasteiger partial charge is 0.497 e. The van der Waals surface area contributed by atoms with Crippen LogP contribution in [0, 0.1) is 6.92 Å². The molecule has 1 fully saturated rings. The van der Waals surface area contributed by atoms with Gasteiger partial charge in [0.05, 0.1) is 18.9 Å². The van der Waals surface area contributed by atoms with Crippen molar-refractivity contribution in [2.24, 2.45) is 0 Å². The molecule has 1 aromatic carbocycles. The number of nitrogens with one attached hydrogen (secondary N) is 1. The first kappa shape index (κ1) is 19.1. The lowest BCUT2D eigenvalue weighted by Crippen LogP contribution is -2.38. The van der Waals surface area contributed by atoms with Gasteiger partial charge >= 0.3 is 0 Å². The molecule has 152 valence electrons. The molecule has 9 nitrogen and oxygen atoms in total. The Morgan fingerprint density at radius 3 is 2.79 bits per heavy atom. The SMILES string of the molecule is COc1ccc(-c2cc3c(=O)n(CC(=O)NC[C@@H]4CCCO4)nc(C)n3n2)cc1. The maximum Gasteiger partial charge on any atom is 0.293 e. The molecule has 0 radical (unpaired) electrons. The van der Waals surface area contributed by atoms with E-state index in [2.05, 4.69) is 15.5 Å². The molecule has 0 aliphatic carbocycles. The van der Waals surface area contributed by atoms with E-state index in [1.54, 1.807) is 20.1 Å². The molecule has 1 amide bonds. The van der Waals surface area contributed by atoms with Gasteiger partial charge < -0.3 is 14.8 Å². The summed E-state index contributed by atoms with van der Waals surface area (Å²) in [7, 11) is 1.61. The van der Waals surface area contributed by atoms with Crippen molar-refractivity contribution in [3.63, 3.8) is 0 Å². The summed E-state index contributed by atoms with van der Waals surface area (Å²) in [6.45, 7) is 2.78. The summed E-state index contributed by atoms with van der Waals surface area (Å²) < 4.78 is 13.3. The van der Waals surface area contributed by atoms with E-state index in [1.165, 1.54) is 9.20 Å². The average molecular weight is 397 g/mol. The molecule has 9 heteroatoms. The normalized spacial score (nSPS) is 16.3. The Kier molecular flexibility index (Phi) is 5.30. The number of aryl methyl sites for hydroxylation is 1. The number of nitrogens with zero attached hydrogens (tertiary/aromatic N) is 4. The average Bonchev–Trinajstić information content (AvgIpc) is 3.41. The topological polar surface area (TPSA) is 99.8 Å². The Morgan fingerprint density at radius 2 is 2.10 bits per heavy atom. The predicted octanol–water partition coefficient (Wildman–Crippen LogP) is 1.17. The van der Waals surface area contributed by atoms with E-state index in [9.17, 15) is 9.59 Å². The molecule has 0 saturated carbocycles. The number of amides is 1. The fourth-order valence-electron chi connectivity index (χ4n) is 3.41. The lowest BCUT2D eigenvalue weighted by molar-refractivity contribution is -0.122. The van der Waals surface area contributed by atoms with E-state index in [-0.39, 0.29) is 24.1 Å². The molecule has 4 rings (SSSR count). The van der Waals surface area contributed by atoms with Crippen LogP contribution < -0.4 is 15.6 Å². The number of rotatable bonds is 6. The van der Waals surface area contributed by atoms with Crippen LogP contribution in [0.5, 0.6) is 5.75 Å². The molecule has 0 bridgehead atoms. The molecule has 2 aromatic heterocycles. The van der Waals surface area contributed by atoms with Crippen LogP contribution in [0.1, 0.15) is 18.7 Å². The van der Waals surface area contributed by atoms with Crippen molar-refractivity contribution in [3.05, 3.63) is 46.5 Å². The van der Waals surface area contributed by atoms with E-state index in [4.69, 9.17) is 9.47 Å². The highest BCUT2D eigenvalue weighted by molar-refractivity contribution is 5.75. The number of fused-ring (bicyclic) bond motifs is 1. The van der Waals surface area contributed by atoms with Crippen LogP contribution in [-0.2, 0) is 16.1 Å². The van der Waals surface area contributed by atoms with Gasteiger partial charge in [0.1, 0.15) is 23.6 Å². The zero-order valence-electron chi connectivity index (χ0n) is 16.4. The first-order chi connectivity index (χ1) is 14.0. The van der Waals surface area contributed by atoms with E-state index < -0.39 is 0 Å². The van der Waals surface area contributed by atoms with Crippen LogP contribution in [0.4, 0.5) is 0 Å². The summed E-state index contributed by atoms with van der Waals surface area (Å²) in [5.74, 6) is 0.992. The number of methoxy groups -OCH3 is 1. The lowest BCUT2D eigenvalue weighted by atomic mass is 10.1. The molecular weight excluding hydrogens is 374 g/mol. The van der Waals surface area contributed by atoms with Gasteiger partial charge in [-0.3, -0.25) is 9.59 Å². The Morgan fingerprint density at radius 1 is 1.31 bits per heavy atom. The number of carbonyl (C=O) groups excluding carboxylic acids is 1. The highest BCUT2D eigenvalue weighted by Gasteiger charge is 2.18. The van der Waals surface area contributed by atoms with Crippen molar-refractivity contribution in [1.82, 2.24) is 24.7 Å². The first-order valence-corrected chi connectivity index (χ1v) is 9.55. The van der Waals surface area contributed by atoms with Crippen molar-refractivity contribution in [1.29, 1.82) is 0 Å². The third-order valence-electron chi connectivity index (χ3n) is 4.96. The number of benzene rings is 1. The van der Waals surface area contributed by atoms with Crippen molar-refractivity contribution in [3.8, 4) is 17.0 Å². The van der Waals surface area contributed by atoms with Gasteiger partial charge in [-0.05, 0) is 50.1 Å². The predicted molar refractivity (Wildman–Crippen MR) is 106 cm³/mol. The number of carbonyl (C=O) groups is 1. The minimum Gasteiger partial charge on any atom is -0.497 e. The van der Waals surface area contributed by atoms with E-state index >= 15 is 0 Å². The highest BCUT2D eigenvalue weighted by Crippen LogP contribution is 2.22. The van der Waals surface area contributed by atoms with E-state index in [0.717, 1.165) is 30.8 Å². The summed E-state index contributed by atoms with van der Waals surface area (Å²) in [6.07, 6.45) is 2.00. The van der Waals surface area contributed by atoms with Crippen LogP contribution in [0.15, 0.2) is 35.1 Å². The maximum atomic E-state index is 12.8. The summed E-state index contributed by atoms with van der Waals surface area (Å²) in [4.78, 5) is 25.1. The van der Waals surface area contributed by atoms with Crippen LogP contribution in [0.3, 0.4) is 0 Å². The van der Waals surface area contributed by atoms with Crippen LogP contribution in [0.25, 0.3) is 16.8 Å². The second-order valence-electron chi connectivity index (χ2n) is 7.00. The van der Waals surface area contributed by atoms with Crippen LogP contribution in [0.2, 0.25) is 0 Å². The van der Waals surface area contributed by atoms with Gasteiger partial charge in [-0.2, -0.15) is 10.2 Å². The molecule has 3 aromatic rings. The number of aromatic nitrogens is 4. The van der Waals surface area contributed by atoms with Gasteiger partial charge in [0.15, 0.2) is 0 Å². The molecule has 1 aliphatic heterocycles. The monoisotopic (exact) mass is 397 g/mol. The third-order valence-corrected chi connectivity index (χ3v) is 4.96. The van der Waals surface area contributed by atoms with Gasteiger partial charge in [0.25, 0.3) is 5.56 Å². The molecule has 1 saturated heterocycles. The Hall–Kier alpha value is -3.20. The van der Waals surface area contributed by atoms with Gasteiger partial charge in [0.2, 0.25) is 5.91 Å². The molecule has 0 unspecified atom stereocenters. The Labute approximate surface area is 167 Å². The second kappa shape index (κ2) is 8.04. The van der Waals surface area contributed by atoms with Crippen molar-refractivity contribution in [2.45, 2.75) is 32.4 Å². The standard InChI is InChI=1S/C20H23N5O4/c1-13-22-24(12-19(26)21-11-16-4-3-9-29-16)20(27)18-10-17(23-25(13)18)14-5-7-15(28-2)8-6-14/h5-8,10,16H,3-4,9,11-12H2,1-2H3,(H,21,26)/t16-/m0/s1. The van der Waals surface area contributed by atoms with Gasteiger partial charge in [-0.15, -0.1) is 0 Å². The summed E-state index contributed by atoms with van der Waals surface area (Å²) in [5.41, 5.74) is 1.51. The van der Waals surface area contributed by atoms with E-state index in [1.807, 2.05) is 24.3 Å². The molecule has 1 atom stereocenters. The number of hydrogen-bond acceptors (Lipinski definition) is 6. The molecule has 1 N–H and O–H groups in total. The smallest absolute Gasteiger partial charge is 0.293 e. The first-order valence-electron chi connectivity index (χ1n) is 9.55. The second-order valence-corrected chi connectivity index (χ2v) is 7.00. The number of ether oxygens (including phenoxy) is 2. The van der Waals surface area contributed by atoms with Gasteiger partial charge in [0, 0.05) is 18.7 Å². The maximum absolute atomic E-state index is 12.8. The van der Waals surface area contributed by atoms with E-state index in [0.29, 0.717) is 23.6 Å². The van der Waals surface area contributed by atoms with Gasteiger partial charge in [-0.1, -0.05) is 0 Å². The number of hydrogen-bond donors (Lipinski definition) is 1. The van der Waals surface area contributed by atoms with Crippen LogP contribution in [-0.4, -0.2) is 51.7 Å². The molecule has 0 spiro atoms. The summed E-state index contributed by atoms with van der Waals surface area (Å²) in [5, 5.41) is 11.5. The van der Waals surface area contributed by atoms with Crippen molar-refractivity contribution < 1.29 is 14.3 Å². The minimum absolute atomic E-state index is 0.0507. The zero-order chi connectivity index (χ0) is 20.4. The highest BCUT2D eigenvalue weighted by atomic mass is 16.5. The quantitative estimate of drug-likeness (QED) is 0.670. The Bertz CT molecular complexity index is 1080. The molecule has 29 heavy (non-hydrogen) atoms. The fraction of sp³-hybridized carbons (Fsp3) is 0.400. The Balaban J connectivity index is 1.56. The van der Waals surface area contributed by atoms with Crippen molar-refractivity contribution >= 4 is 11.4 Å². The van der Waals surface area contributed by atoms with Crippen molar-refractivity contribution in [2.75, 3.05) is 20.3 Å². The molecule has 1 aliphatic rings. The summed E-state index contributed by atoms with van der Waals surface area (Å²) >= 11 is 0. The summed E-state index contributed by atoms with van der Waals surface area (Å²) in [6, 6.07) is 9.13. The molecule has 3 heterocycles. The van der Waals surface area contributed by atoms with Crippen LogP contribution >= 0.6 is 0 Å².